The van der Waals surface area contributed by atoms with E-state index in [1.807, 2.05) is 0 Å². The Morgan fingerprint density at radius 2 is 1.57 bits per heavy atom. The van der Waals surface area contributed by atoms with Crippen molar-refractivity contribution in [1.29, 1.82) is 0 Å². The lowest BCUT2D eigenvalue weighted by Gasteiger charge is -2.36. The van der Waals surface area contributed by atoms with Gasteiger partial charge in [-0.2, -0.15) is 26.3 Å². The first kappa shape index (κ1) is 20.8. The second kappa shape index (κ2) is 7.33. The SMILES string of the molecule is FC(F)(F)c1ccc2[nH]c(N3CCN(c4ncc(Br)cc4C(F)(F)F)CC3)nc2c1. The number of hydrogen-bond donors (Lipinski definition) is 1. The van der Waals surface area contributed by atoms with Gasteiger partial charge in [0.05, 0.1) is 22.2 Å². The lowest BCUT2D eigenvalue weighted by molar-refractivity contribution is -0.138. The lowest BCUT2D eigenvalue weighted by Crippen LogP contribution is -2.47. The fraction of sp³-hybridized carbons (Fsp3) is 0.333. The summed E-state index contributed by atoms with van der Waals surface area (Å²) in [5.41, 5.74) is -0.988. The van der Waals surface area contributed by atoms with Crippen molar-refractivity contribution in [2.45, 2.75) is 12.4 Å². The molecule has 0 aliphatic carbocycles. The molecule has 0 unspecified atom stereocenters. The number of piperazine rings is 1. The molecule has 5 nitrogen and oxygen atoms in total. The predicted molar refractivity (Wildman–Crippen MR) is 102 cm³/mol. The fourth-order valence-corrected chi connectivity index (χ4v) is 3.67. The third kappa shape index (κ3) is 4.05. The van der Waals surface area contributed by atoms with Gasteiger partial charge in [0, 0.05) is 36.8 Å². The van der Waals surface area contributed by atoms with Crippen LogP contribution in [0.3, 0.4) is 0 Å². The van der Waals surface area contributed by atoms with Crippen LogP contribution in [0.15, 0.2) is 34.9 Å². The molecule has 3 heterocycles. The predicted octanol–water partition coefficient (Wildman–Crippen LogP) is 5.08. The minimum atomic E-state index is -4.54. The van der Waals surface area contributed by atoms with Crippen LogP contribution in [0.4, 0.5) is 38.1 Å². The van der Waals surface area contributed by atoms with Crippen molar-refractivity contribution < 1.29 is 26.3 Å². The van der Waals surface area contributed by atoms with Crippen molar-refractivity contribution in [3.63, 3.8) is 0 Å². The quantitative estimate of drug-likeness (QED) is 0.505. The normalized spacial score (nSPS) is 15.8. The number of benzene rings is 1. The maximum atomic E-state index is 13.4. The van der Waals surface area contributed by atoms with E-state index in [0.717, 1.165) is 18.2 Å². The Kier molecular flexibility index (Phi) is 5.07. The summed E-state index contributed by atoms with van der Waals surface area (Å²) < 4.78 is 79.0. The molecule has 0 bridgehead atoms. The van der Waals surface area contributed by atoms with Crippen molar-refractivity contribution in [3.05, 3.63) is 46.1 Å². The van der Waals surface area contributed by atoms with Gasteiger partial charge in [0.2, 0.25) is 5.95 Å². The van der Waals surface area contributed by atoms with Crippen LogP contribution in [0.5, 0.6) is 0 Å². The molecule has 1 N–H and O–H groups in total. The number of anilines is 2. The zero-order valence-electron chi connectivity index (χ0n) is 15.1. The largest absolute Gasteiger partial charge is 0.419 e. The van der Waals surface area contributed by atoms with Crippen molar-refractivity contribution in [1.82, 2.24) is 15.0 Å². The maximum Gasteiger partial charge on any atom is 0.419 e. The minimum Gasteiger partial charge on any atom is -0.353 e. The molecule has 0 spiro atoms. The molecule has 4 rings (SSSR count). The van der Waals surface area contributed by atoms with E-state index in [1.54, 1.807) is 4.90 Å². The van der Waals surface area contributed by atoms with Crippen molar-refractivity contribution in [2.75, 3.05) is 36.0 Å². The Hall–Kier alpha value is -2.50. The molecule has 0 amide bonds. The number of rotatable bonds is 2. The van der Waals surface area contributed by atoms with Gasteiger partial charge < -0.3 is 14.8 Å². The molecule has 12 heteroatoms. The third-order valence-corrected chi connectivity index (χ3v) is 5.25. The van der Waals surface area contributed by atoms with E-state index in [1.165, 1.54) is 17.2 Å². The highest BCUT2D eigenvalue weighted by atomic mass is 79.9. The number of nitrogens with zero attached hydrogens (tertiary/aromatic N) is 4. The molecule has 2 aromatic heterocycles. The van der Waals surface area contributed by atoms with Crippen LogP contribution in [-0.4, -0.2) is 41.1 Å². The number of nitrogens with one attached hydrogen (secondary N) is 1. The zero-order valence-corrected chi connectivity index (χ0v) is 16.7. The summed E-state index contributed by atoms with van der Waals surface area (Å²) in [5, 5.41) is 0. The number of alkyl halides is 6. The van der Waals surface area contributed by atoms with Crippen LogP contribution in [0.25, 0.3) is 11.0 Å². The van der Waals surface area contributed by atoms with Gasteiger partial charge in [-0.1, -0.05) is 0 Å². The molecular weight excluding hydrogens is 480 g/mol. The first-order valence-electron chi connectivity index (χ1n) is 8.82. The number of halogens is 7. The van der Waals surface area contributed by atoms with Crippen LogP contribution in [0.2, 0.25) is 0 Å². The monoisotopic (exact) mass is 493 g/mol. The summed E-state index contributed by atoms with van der Waals surface area (Å²) in [6.45, 7) is 1.17. The molecule has 0 radical (unpaired) electrons. The van der Waals surface area contributed by atoms with Crippen molar-refractivity contribution >= 4 is 38.7 Å². The summed E-state index contributed by atoms with van der Waals surface area (Å²) in [6.07, 6.45) is -7.70. The fourth-order valence-electron chi connectivity index (χ4n) is 3.34. The number of aromatic amines is 1. The number of imidazole rings is 1. The summed E-state index contributed by atoms with van der Waals surface area (Å²) in [7, 11) is 0. The standard InChI is InChI=1S/C18H14BrF6N5/c19-11-8-12(18(23,24)25)15(26-9-11)29-3-5-30(6-4-29)16-27-13-2-1-10(17(20,21)22)7-14(13)28-16/h1-2,7-9H,3-6H2,(H,27,28). The average molecular weight is 494 g/mol. The van der Waals surface area contributed by atoms with E-state index in [9.17, 15) is 26.3 Å². The van der Waals surface area contributed by atoms with Crippen LogP contribution >= 0.6 is 15.9 Å². The highest BCUT2D eigenvalue weighted by molar-refractivity contribution is 9.10. The van der Waals surface area contributed by atoms with Crippen molar-refractivity contribution in [2.24, 2.45) is 0 Å². The van der Waals surface area contributed by atoms with E-state index >= 15 is 0 Å². The number of hydrogen-bond acceptors (Lipinski definition) is 4. The second-order valence-corrected chi connectivity index (χ2v) is 7.70. The van der Waals surface area contributed by atoms with E-state index in [-0.39, 0.29) is 28.9 Å². The van der Waals surface area contributed by atoms with Gasteiger partial charge in [-0.3, -0.25) is 0 Å². The van der Waals surface area contributed by atoms with Gasteiger partial charge in [-0.15, -0.1) is 0 Å². The molecule has 3 aromatic rings. The number of fused-ring (bicyclic) bond motifs is 1. The van der Waals surface area contributed by atoms with Crippen LogP contribution in [-0.2, 0) is 12.4 Å². The molecule has 1 aromatic carbocycles. The van der Waals surface area contributed by atoms with E-state index in [0.29, 0.717) is 24.6 Å². The summed E-state index contributed by atoms with van der Waals surface area (Å²) in [5.74, 6) is 0.230. The molecule has 1 aliphatic heterocycles. The van der Waals surface area contributed by atoms with Gasteiger partial charge in [0.25, 0.3) is 0 Å². The van der Waals surface area contributed by atoms with Crippen LogP contribution in [0.1, 0.15) is 11.1 Å². The number of H-pyrrole nitrogens is 1. The molecule has 30 heavy (non-hydrogen) atoms. The molecular formula is C18H14BrF6N5. The number of aromatic nitrogens is 3. The highest BCUT2D eigenvalue weighted by Gasteiger charge is 2.37. The Balaban J connectivity index is 1.53. The molecule has 1 saturated heterocycles. The molecule has 0 atom stereocenters. The first-order chi connectivity index (χ1) is 14.0. The molecule has 0 saturated carbocycles. The van der Waals surface area contributed by atoms with Gasteiger partial charge in [-0.05, 0) is 40.2 Å². The van der Waals surface area contributed by atoms with Gasteiger partial charge >= 0.3 is 12.4 Å². The second-order valence-electron chi connectivity index (χ2n) is 6.79. The third-order valence-electron chi connectivity index (χ3n) is 4.82. The van der Waals surface area contributed by atoms with Gasteiger partial charge in [0.1, 0.15) is 5.82 Å². The molecule has 1 fully saturated rings. The smallest absolute Gasteiger partial charge is 0.353 e. The topological polar surface area (TPSA) is 48.1 Å². The Labute approximate surface area is 174 Å². The van der Waals surface area contributed by atoms with Gasteiger partial charge in [-0.25, -0.2) is 9.97 Å². The zero-order chi connectivity index (χ0) is 21.7. The Morgan fingerprint density at radius 1 is 0.900 bits per heavy atom. The van der Waals surface area contributed by atoms with Crippen molar-refractivity contribution in [3.8, 4) is 0 Å². The minimum absolute atomic E-state index is 0.148. The van der Waals surface area contributed by atoms with E-state index in [2.05, 4.69) is 30.9 Å². The summed E-state index contributed by atoms with van der Waals surface area (Å²) in [6, 6.07) is 4.24. The number of pyridine rings is 1. The molecule has 1 aliphatic rings. The first-order valence-corrected chi connectivity index (χ1v) is 9.61. The lowest BCUT2D eigenvalue weighted by atomic mass is 10.2. The Morgan fingerprint density at radius 3 is 2.20 bits per heavy atom. The highest BCUT2D eigenvalue weighted by Crippen LogP contribution is 2.37. The van der Waals surface area contributed by atoms with Crippen LogP contribution < -0.4 is 9.80 Å². The average Bonchev–Trinajstić information content (AvgIpc) is 3.10. The summed E-state index contributed by atoms with van der Waals surface area (Å²) >= 11 is 3.01. The Bertz CT molecular complexity index is 1070. The van der Waals surface area contributed by atoms with E-state index in [4.69, 9.17) is 0 Å². The van der Waals surface area contributed by atoms with E-state index < -0.39 is 23.5 Å². The maximum absolute atomic E-state index is 13.4. The summed E-state index contributed by atoms with van der Waals surface area (Å²) in [4.78, 5) is 14.5. The molecule has 160 valence electrons. The van der Waals surface area contributed by atoms with Crippen LogP contribution in [0, 0.1) is 0 Å². The van der Waals surface area contributed by atoms with Gasteiger partial charge in [0.15, 0.2) is 0 Å².